The Labute approximate surface area is 128 Å². The predicted molar refractivity (Wildman–Crippen MR) is 84.5 cm³/mol. The molecule has 0 aromatic heterocycles. The van der Waals surface area contributed by atoms with Gasteiger partial charge in [-0.1, -0.05) is 65.8 Å². The van der Waals surface area contributed by atoms with E-state index in [0.29, 0.717) is 18.6 Å². The minimum absolute atomic E-state index is 0.219. The number of benzene rings is 2. The minimum Gasteiger partial charge on any atom is -0.411 e. The Hall–Kier alpha value is -2.69. The van der Waals surface area contributed by atoms with Crippen LogP contribution in [0.4, 0.5) is 0 Å². The smallest absolute Gasteiger partial charge is 0.0812 e. The molecule has 2 atom stereocenters. The third-order valence-corrected chi connectivity index (χ3v) is 4.10. The first-order valence-corrected chi connectivity index (χ1v) is 7.24. The van der Waals surface area contributed by atoms with E-state index in [4.69, 9.17) is 0 Å². The maximum atomic E-state index is 11.5. The van der Waals surface area contributed by atoms with Crippen LogP contribution in [0.2, 0.25) is 0 Å². The van der Waals surface area contributed by atoms with Crippen LogP contribution in [0.5, 0.6) is 0 Å². The van der Waals surface area contributed by atoms with Crippen molar-refractivity contribution in [1.29, 1.82) is 0 Å². The second kappa shape index (κ2) is 6.39. The number of piperidine rings is 1. The molecule has 1 aliphatic heterocycles. The van der Waals surface area contributed by atoms with Gasteiger partial charge in [-0.2, -0.15) is 0 Å². The Morgan fingerprint density at radius 2 is 1.32 bits per heavy atom. The quantitative estimate of drug-likeness (QED) is 0.527. The van der Waals surface area contributed by atoms with Crippen LogP contribution in [0.1, 0.15) is 36.1 Å². The van der Waals surface area contributed by atoms with E-state index in [1.165, 1.54) is 0 Å². The summed E-state index contributed by atoms with van der Waals surface area (Å²) in [5, 5.41) is 17.5. The number of hydrogen-bond acceptors (Lipinski definition) is 4. The second-order valence-corrected chi connectivity index (χ2v) is 5.39. The summed E-state index contributed by atoms with van der Waals surface area (Å²) in [5.74, 6) is 0. The molecule has 1 heterocycles. The van der Waals surface area contributed by atoms with E-state index < -0.39 is 0 Å². The summed E-state index contributed by atoms with van der Waals surface area (Å²) in [5.41, 5.74) is 2.66. The maximum Gasteiger partial charge on any atom is 0.0812 e. The predicted octanol–water partition coefficient (Wildman–Crippen LogP) is 4.08. The van der Waals surface area contributed by atoms with Crippen molar-refractivity contribution in [2.45, 2.75) is 24.9 Å². The Morgan fingerprint density at radius 3 is 1.68 bits per heavy atom. The normalized spacial score (nSPS) is 21.5. The fourth-order valence-electron chi connectivity index (χ4n) is 3.02. The van der Waals surface area contributed by atoms with E-state index in [2.05, 4.69) is 10.4 Å². The molecule has 0 radical (unpaired) electrons. The Morgan fingerprint density at radius 1 is 0.864 bits per heavy atom. The van der Waals surface area contributed by atoms with E-state index in [9.17, 15) is 10.1 Å². The van der Waals surface area contributed by atoms with Crippen molar-refractivity contribution in [3.8, 4) is 0 Å². The van der Waals surface area contributed by atoms with Gasteiger partial charge >= 0.3 is 0 Å². The number of nitroso groups, excluding NO2 is 1. The van der Waals surface area contributed by atoms with Crippen molar-refractivity contribution < 1.29 is 5.21 Å². The highest BCUT2D eigenvalue weighted by Gasteiger charge is 2.36. The van der Waals surface area contributed by atoms with Gasteiger partial charge in [0.05, 0.1) is 23.1 Å². The Balaban J connectivity index is 2.01. The van der Waals surface area contributed by atoms with Crippen LogP contribution in [0.3, 0.4) is 0 Å². The molecule has 0 saturated carbocycles. The molecule has 0 bridgehead atoms. The van der Waals surface area contributed by atoms with E-state index in [-0.39, 0.29) is 12.1 Å². The van der Waals surface area contributed by atoms with Crippen molar-refractivity contribution in [1.82, 2.24) is 5.01 Å². The minimum atomic E-state index is -0.219. The van der Waals surface area contributed by atoms with Crippen LogP contribution >= 0.6 is 0 Å². The van der Waals surface area contributed by atoms with Gasteiger partial charge < -0.3 is 5.21 Å². The fourth-order valence-corrected chi connectivity index (χ4v) is 3.02. The van der Waals surface area contributed by atoms with Crippen molar-refractivity contribution in [2.75, 3.05) is 0 Å². The highest BCUT2D eigenvalue weighted by molar-refractivity contribution is 5.86. The summed E-state index contributed by atoms with van der Waals surface area (Å²) in [4.78, 5) is 11.5. The van der Waals surface area contributed by atoms with Crippen molar-refractivity contribution in [3.63, 3.8) is 0 Å². The molecule has 0 aliphatic carbocycles. The molecular weight excluding hydrogens is 278 g/mol. The molecule has 1 fully saturated rings. The number of hydrogen-bond donors (Lipinski definition) is 1. The molecule has 5 nitrogen and oxygen atoms in total. The summed E-state index contributed by atoms with van der Waals surface area (Å²) in [6.45, 7) is 0. The zero-order valence-corrected chi connectivity index (χ0v) is 12.0. The van der Waals surface area contributed by atoms with Gasteiger partial charge in [-0.3, -0.25) is 0 Å². The molecule has 112 valence electrons. The van der Waals surface area contributed by atoms with Crippen LogP contribution in [0, 0.1) is 4.91 Å². The molecule has 3 rings (SSSR count). The van der Waals surface area contributed by atoms with E-state index >= 15 is 0 Å². The molecule has 0 amide bonds. The largest absolute Gasteiger partial charge is 0.411 e. The number of nitrogens with zero attached hydrogens (tertiary/aromatic N) is 3. The lowest BCUT2D eigenvalue weighted by Gasteiger charge is -2.38. The van der Waals surface area contributed by atoms with Gasteiger partial charge in [-0.25, -0.2) is 5.01 Å². The summed E-state index contributed by atoms with van der Waals surface area (Å²) in [7, 11) is 0. The van der Waals surface area contributed by atoms with E-state index in [1.54, 1.807) is 5.01 Å². The molecule has 1 aliphatic rings. The van der Waals surface area contributed by atoms with Crippen molar-refractivity contribution in [2.24, 2.45) is 10.4 Å². The van der Waals surface area contributed by atoms with Gasteiger partial charge in [0.2, 0.25) is 0 Å². The summed E-state index contributed by atoms with van der Waals surface area (Å²) < 4.78 is 0. The van der Waals surface area contributed by atoms with Gasteiger partial charge in [-0.05, 0) is 11.1 Å². The second-order valence-electron chi connectivity index (χ2n) is 5.39. The SMILES string of the molecule is O=NN1[C@@H](c2ccccc2)CC(=NO)C[C@@H]1c1ccccc1. The third kappa shape index (κ3) is 2.70. The average Bonchev–Trinajstić information content (AvgIpc) is 2.62. The molecule has 2 aromatic rings. The maximum absolute atomic E-state index is 11.5. The lowest BCUT2D eigenvalue weighted by molar-refractivity contribution is 0.124. The van der Waals surface area contributed by atoms with Gasteiger partial charge in [-0.15, -0.1) is 4.91 Å². The zero-order chi connectivity index (χ0) is 15.4. The summed E-state index contributed by atoms with van der Waals surface area (Å²) >= 11 is 0. The van der Waals surface area contributed by atoms with Gasteiger partial charge in [0.15, 0.2) is 0 Å². The van der Waals surface area contributed by atoms with Gasteiger partial charge in [0, 0.05) is 12.8 Å². The molecule has 1 saturated heterocycles. The Kier molecular flexibility index (Phi) is 4.14. The topological polar surface area (TPSA) is 65.3 Å². The molecule has 0 spiro atoms. The molecule has 22 heavy (non-hydrogen) atoms. The molecule has 1 N–H and O–H groups in total. The highest BCUT2D eigenvalue weighted by atomic mass is 16.4. The van der Waals surface area contributed by atoms with Crippen LogP contribution in [-0.2, 0) is 0 Å². The van der Waals surface area contributed by atoms with Crippen LogP contribution in [0.25, 0.3) is 0 Å². The van der Waals surface area contributed by atoms with Gasteiger partial charge in [0.1, 0.15) is 0 Å². The standard InChI is InChI=1S/C17H17N3O2/c21-18-15-11-16(13-7-3-1-4-8-13)20(19-22)17(12-15)14-9-5-2-6-10-14/h1-10,16-17,21H,11-12H2/t16-,17-/m1/s1. The fraction of sp³-hybridized carbons (Fsp3) is 0.235. The lowest BCUT2D eigenvalue weighted by Crippen LogP contribution is -2.36. The zero-order valence-electron chi connectivity index (χ0n) is 12.0. The highest BCUT2D eigenvalue weighted by Crippen LogP contribution is 2.40. The summed E-state index contributed by atoms with van der Waals surface area (Å²) in [6.07, 6.45) is 0.991. The molecule has 5 heteroatoms. The van der Waals surface area contributed by atoms with E-state index in [1.807, 2.05) is 60.7 Å². The van der Waals surface area contributed by atoms with Crippen molar-refractivity contribution in [3.05, 3.63) is 76.7 Å². The monoisotopic (exact) mass is 295 g/mol. The van der Waals surface area contributed by atoms with Crippen LogP contribution in [0.15, 0.2) is 71.1 Å². The van der Waals surface area contributed by atoms with Crippen molar-refractivity contribution >= 4 is 5.71 Å². The Bertz CT molecular complexity index is 607. The number of oxime groups is 1. The number of rotatable bonds is 3. The van der Waals surface area contributed by atoms with Crippen LogP contribution < -0.4 is 0 Å². The van der Waals surface area contributed by atoms with Crippen LogP contribution in [-0.4, -0.2) is 15.9 Å². The molecular formula is C17H17N3O2. The molecule has 2 aromatic carbocycles. The van der Waals surface area contributed by atoms with Gasteiger partial charge in [0.25, 0.3) is 0 Å². The average molecular weight is 295 g/mol. The first-order valence-electron chi connectivity index (χ1n) is 7.24. The summed E-state index contributed by atoms with van der Waals surface area (Å²) in [6, 6.07) is 19.0. The van der Waals surface area contributed by atoms with E-state index in [0.717, 1.165) is 11.1 Å². The first kappa shape index (κ1) is 14.3. The molecule has 0 unspecified atom stereocenters. The first-order chi connectivity index (χ1) is 10.8. The lowest BCUT2D eigenvalue weighted by atomic mass is 9.88. The third-order valence-electron chi connectivity index (χ3n) is 4.10.